The lowest BCUT2D eigenvalue weighted by molar-refractivity contribution is -0.126. The van der Waals surface area contributed by atoms with E-state index in [-0.39, 0.29) is 11.8 Å². The summed E-state index contributed by atoms with van der Waals surface area (Å²) in [7, 11) is -3.44. The lowest BCUT2D eigenvalue weighted by atomic mass is 9.88. The second-order valence-electron chi connectivity index (χ2n) is 7.24. The number of hydrogen-bond acceptors (Lipinski definition) is 5. The summed E-state index contributed by atoms with van der Waals surface area (Å²) in [5, 5.41) is 3.01. The molecule has 2 aliphatic carbocycles. The van der Waals surface area contributed by atoms with Gasteiger partial charge < -0.3 is 10.1 Å². The Kier molecular flexibility index (Phi) is 4.87. The fraction of sp³-hybridized carbons (Fsp3) is 0.706. The van der Waals surface area contributed by atoms with Crippen LogP contribution in [0.4, 0.5) is 0 Å². The molecule has 6 nitrogen and oxygen atoms in total. The van der Waals surface area contributed by atoms with Crippen molar-refractivity contribution in [1.82, 2.24) is 9.62 Å². The lowest BCUT2D eigenvalue weighted by Gasteiger charge is -2.25. The lowest BCUT2D eigenvalue weighted by Crippen LogP contribution is -2.40. The molecule has 2 heterocycles. The molecular formula is C17H24N2O4S2. The third kappa shape index (κ3) is 3.49. The summed E-state index contributed by atoms with van der Waals surface area (Å²) in [6, 6.07) is 3.45. The van der Waals surface area contributed by atoms with Crippen LogP contribution in [-0.2, 0) is 26.1 Å². The van der Waals surface area contributed by atoms with E-state index < -0.39 is 10.0 Å². The fourth-order valence-electron chi connectivity index (χ4n) is 4.38. The number of rotatable bonds is 5. The SMILES string of the molecule is O=C(NCc1ccc(S(=O)(=O)N2CCOCC2)s1)[C@@H]1C[C@H]2CC[C@H]1C2. The van der Waals surface area contributed by atoms with Gasteiger partial charge in [0.25, 0.3) is 10.0 Å². The maximum atomic E-state index is 12.6. The van der Waals surface area contributed by atoms with Crippen molar-refractivity contribution in [3.05, 3.63) is 17.0 Å². The minimum absolute atomic E-state index is 0.137. The number of carbonyl (C=O) groups is 1. The second-order valence-corrected chi connectivity index (χ2v) is 10.6. The highest BCUT2D eigenvalue weighted by Gasteiger charge is 2.42. The molecule has 1 aromatic rings. The Bertz CT molecular complexity index is 740. The summed E-state index contributed by atoms with van der Waals surface area (Å²) in [4.78, 5) is 13.3. The average molecular weight is 385 g/mol. The normalized spacial score (nSPS) is 29.8. The molecule has 2 bridgehead atoms. The van der Waals surface area contributed by atoms with Gasteiger partial charge in [0.2, 0.25) is 5.91 Å². The van der Waals surface area contributed by atoms with Crippen molar-refractivity contribution >= 4 is 27.3 Å². The van der Waals surface area contributed by atoms with Crippen LogP contribution in [0.25, 0.3) is 0 Å². The van der Waals surface area contributed by atoms with Crippen molar-refractivity contribution in [1.29, 1.82) is 0 Å². The number of sulfonamides is 1. The molecule has 2 saturated carbocycles. The standard InChI is InChI=1S/C17H24N2O4S2/c20-17(15-10-12-1-2-13(15)9-12)18-11-14-3-4-16(24-14)25(21,22)19-5-7-23-8-6-19/h3-4,12-13,15H,1-2,5-11H2,(H,18,20)/t12-,13-,15+/m0/s1. The largest absolute Gasteiger partial charge is 0.379 e. The molecule has 1 N–H and O–H groups in total. The van der Waals surface area contributed by atoms with Gasteiger partial charge in [0.05, 0.1) is 19.8 Å². The van der Waals surface area contributed by atoms with Crippen molar-refractivity contribution in [2.24, 2.45) is 17.8 Å². The van der Waals surface area contributed by atoms with Crippen LogP contribution >= 0.6 is 11.3 Å². The van der Waals surface area contributed by atoms with E-state index in [0.717, 1.165) is 17.2 Å². The number of hydrogen-bond donors (Lipinski definition) is 1. The number of carbonyl (C=O) groups excluding carboxylic acids is 1. The van der Waals surface area contributed by atoms with Crippen molar-refractivity contribution < 1.29 is 17.9 Å². The third-order valence-electron chi connectivity index (χ3n) is 5.71. The molecule has 1 aromatic heterocycles. The molecule has 138 valence electrons. The Morgan fingerprint density at radius 3 is 2.72 bits per heavy atom. The smallest absolute Gasteiger partial charge is 0.252 e. The Hall–Kier alpha value is -0.960. The van der Waals surface area contributed by atoms with Gasteiger partial charge in [-0.3, -0.25) is 4.79 Å². The van der Waals surface area contributed by atoms with Gasteiger partial charge in [-0.05, 0) is 43.2 Å². The van der Waals surface area contributed by atoms with Crippen LogP contribution in [0.15, 0.2) is 16.3 Å². The molecule has 0 radical (unpaired) electrons. The number of nitrogens with one attached hydrogen (secondary N) is 1. The number of nitrogens with zero attached hydrogens (tertiary/aromatic N) is 1. The first-order valence-corrected chi connectivity index (χ1v) is 11.2. The number of ether oxygens (including phenoxy) is 1. The summed E-state index contributed by atoms with van der Waals surface area (Å²) < 4.78 is 32.3. The average Bonchev–Trinajstić information content (AvgIpc) is 3.37. The Morgan fingerprint density at radius 2 is 2.04 bits per heavy atom. The predicted octanol–water partition coefficient (Wildman–Crippen LogP) is 1.82. The third-order valence-corrected chi connectivity index (χ3v) is 9.16. The van der Waals surface area contributed by atoms with Crippen LogP contribution in [0, 0.1) is 17.8 Å². The van der Waals surface area contributed by atoms with Crippen molar-refractivity contribution in [2.45, 2.75) is 36.4 Å². The van der Waals surface area contributed by atoms with Crippen molar-refractivity contribution in [2.75, 3.05) is 26.3 Å². The van der Waals surface area contributed by atoms with E-state index in [4.69, 9.17) is 4.74 Å². The van der Waals surface area contributed by atoms with Crippen LogP contribution < -0.4 is 5.32 Å². The van der Waals surface area contributed by atoms with E-state index in [1.165, 1.54) is 34.9 Å². The highest BCUT2D eigenvalue weighted by atomic mass is 32.2. The predicted molar refractivity (Wildman–Crippen MR) is 94.7 cm³/mol. The maximum absolute atomic E-state index is 12.6. The summed E-state index contributed by atoms with van der Waals surface area (Å²) in [5.74, 6) is 1.60. The van der Waals surface area contributed by atoms with Crippen molar-refractivity contribution in [3.8, 4) is 0 Å². The maximum Gasteiger partial charge on any atom is 0.252 e. The zero-order chi connectivity index (χ0) is 17.4. The molecular weight excluding hydrogens is 360 g/mol. The highest BCUT2D eigenvalue weighted by molar-refractivity contribution is 7.91. The zero-order valence-electron chi connectivity index (χ0n) is 14.1. The number of thiophene rings is 1. The minimum Gasteiger partial charge on any atom is -0.379 e. The first-order chi connectivity index (χ1) is 12.0. The van der Waals surface area contributed by atoms with E-state index in [1.807, 2.05) is 0 Å². The molecule has 3 atom stereocenters. The van der Waals surface area contributed by atoms with Crippen molar-refractivity contribution in [3.63, 3.8) is 0 Å². The van der Waals surface area contributed by atoms with Gasteiger partial charge in [-0.1, -0.05) is 6.42 Å². The van der Waals surface area contributed by atoms with E-state index in [0.29, 0.717) is 43.0 Å². The molecule has 0 aromatic carbocycles. The van der Waals surface area contributed by atoms with Crippen LogP contribution in [-0.4, -0.2) is 44.9 Å². The molecule has 4 rings (SSSR count). The highest BCUT2D eigenvalue weighted by Crippen LogP contribution is 2.48. The summed E-state index contributed by atoms with van der Waals surface area (Å²) >= 11 is 1.25. The van der Waals surface area contributed by atoms with E-state index in [2.05, 4.69) is 5.32 Å². The molecule has 1 saturated heterocycles. The molecule has 1 aliphatic heterocycles. The zero-order valence-corrected chi connectivity index (χ0v) is 15.8. The molecule has 25 heavy (non-hydrogen) atoms. The molecule has 3 aliphatic rings. The number of amides is 1. The van der Waals surface area contributed by atoms with Gasteiger partial charge >= 0.3 is 0 Å². The number of fused-ring (bicyclic) bond motifs is 2. The Balaban J connectivity index is 1.36. The molecule has 8 heteroatoms. The second kappa shape index (κ2) is 6.98. The van der Waals surface area contributed by atoms with Crippen LogP contribution in [0.3, 0.4) is 0 Å². The Labute approximate surface area is 152 Å². The first-order valence-electron chi connectivity index (χ1n) is 8.98. The van der Waals surface area contributed by atoms with Crippen LogP contribution in [0.5, 0.6) is 0 Å². The molecule has 0 spiro atoms. The van der Waals surface area contributed by atoms with Gasteiger partial charge in [0, 0.05) is 23.9 Å². The number of morpholine rings is 1. The fourth-order valence-corrected chi connectivity index (χ4v) is 7.24. The summed E-state index contributed by atoms with van der Waals surface area (Å²) in [6.07, 6.45) is 4.70. The van der Waals surface area contributed by atoms with Gasteiger partial charge in [-0.2, -0.15) is 4.31 Å². The van der Waals surface area contributed by atoms with E-state index in [1.54, 1.807) is 12.1 Å². The summed E-state index contributed by atoms with van der Waals surface area (Å²) in [6.45, 7) is 2.09. The van der Waals surface area contributed by atoms with E-state index in [9.17, 15) is 13.2 Å². The molecule has 0 unspecified atom stereocenters. The topological polar surface area (TPSA) is 75.7 Å². The molecule has 1 amide bonds. The quantitative estimate of drug-likeness (QED) is 0.840. The van der Waals surface area contributed by atoms with Gasteiger partial charge in [-0.15, -0.1) is 11.3 Å². The monoisotopic (exact) mass is 384 g/mol. The van der Waals surface area contributed by atoms with Crippen LogP contribution in [0.1, 0.15) is 30.6 Å². The van der Waals surface area contributed by atoms with Crippen LogP contribution in [0.2, 0.25) is 0 Å². The first kappa shape index (κ1) is 17.5. The minimum atomic E-state index is -3.44. The summed E-state index contributed by atoms with van der Waals surface area (Å²) in [5.41, 5.74) is 0. The molecule has 3 fully saturated rings. The van der Waals surface area contributed by atoms with Gasteiger partial charge in [0.1, 0.15) is 4.21 Å². The van der Waals surface area contributed by atoms with E-state index >= 15 is 0 Å². The van der Waals surface area contributed by atoms with Gasteiger partial charge in [-0.25, -0.2) is 8.42 Å². The Morgan fingerprint density at radius 1 is 1.24 bits per heavy atom. The van der Waals surface area contributed by atoms with Gasteiger partial charge in [0.15, 0.2) is 0 Å².